The standard InChI is InChI=1S/C17H18Cl2S2Si/c1-22(2,3)17(21-16-10-6-14(19)7-11-16)12-20-15-8-4-13(18)5-9-15/h4-12H,1-3H3/b17-12+. The molecular weight excluding hydrogens is 367 g/mol. The molecule has 2 rings (SSSR count). The van der Waals surface area contributed by atoms with E-state index in [0.717, 1.165) is 10.0 Å². The van der Waals surface area contributed by atoms with Crippen molar-refractivity contribution < 1.29 is 0 Å². The van der Waals surface area contributed by atoms with E-state index in [2.05, 4.69) is 49.3 Å². The van der Waals surface area contributed by atoms with Crippen LogP contribution < -0.4 is 0 Å². The largest absolute Gasteiger partial charge is 0.0986 e. The van der Waals surface area contributed by atoms with Crippen molar-refractivity contribution in [1.82, 2.24) is 0 Å². The van der Waals surface area contributed by atoms with Crippen molar-refractivity contribution in [3.63, 3.8) is 0 Å². The van der Waals surface area contributed by atoms with E-state index in [4.69, 9.17) is 23.2 Å². The van der Waals surface area contributed by atoms with Crippen LogP contribution in [0.25, 0.3) is 0 Å². The molecular formula is C17H18Cl2S2Si. The molecule has 0 atom stereocenters. The van der Waals surface area contributed by atoms with Crippen LogP contribution in [0.1, 0.15) is 0 Å². The second kappa shape index (κ2) is 7.98. The van der Waals surface area contributed by atoms with E-state index in [-0.39, 0.29) is 0 Å². The van der Waals surface area contributed by atoms with Gasteiger partial charge in [-0.1, -0.05) is 66.4 Å². The average molecular weight is 385 g/mol. The molecule has 0 N–H and O–H groups in total. The molecule has 0 unspecified atom stereocenters. The minimum absolute atomic E-state index is 0.772. The summed E-state index contributed by atoms with van der Waals surface area (Å²) in [5, 5.41) is 3.84. The summed E-state index contributed by atoms with van der Waals surface area (Å²) in [5.41, 5.74) is 0. The first-order chi connectivity index (χ1) is 10.3. The van der Waals surface area contributed by atoms with E-state index < -0.39 is 8.07 Å². The van der Waals surface area contributed by atoms with Crippen molar-refractivity contribution in [3.8, 4) is 0 Å². The lowest BCUT2D eigenvalue weighted by molar-refractivity contribution is 1.47. The predicted octanol–water partition coefficient (Wildman–Crippen LogP) is 7.60. The van der Waals surface area contributed by atoms with Gasteiger partial charge in [-0.15, -0.1) is 0 Å². The van der Waals surface area contributed by atoms with Crippen molar-refractivity contribution in [2.45, 2.75) is 29.4 Å². The lowest BCUT2D eigenvalue weighted by atomic mass is 10.4. The maximum Gasteiger partial charge on any atom is 0.0869 e. The van der Waals surface area contributed by atoms with Gasteiger partial charge in [0, 0.05) is 19.8 Å². The fourth-order valence-electron chi connectivity index (χ4n) is 1.62. The molecule has 2 aromatic carbocycles. The quantitative estimate of drug-likeness (QED) is 0.384. The van der Waals surface area contributed by atoms with Crippen molar-refractivity contribution >= 4 is 54.8 Å². The fourth-order valence-corrected chi connectivity index (χ4v) is 6.44. The highest BCUT2D eigenvalue weighted by atomic mass is 35.5. The first-order valence-corrected chi connectivity index (χ1v) is 12.9. The Bertz CT molecular complexity index is 644. The zero-order valence-corrected chi connectivity index (χ0v) is 16.9. The number of rotatable bonds is 5. The number of thioether (sulfide) groups is 2. The monoisotopic (exact) mass is 384 g/mol. The Hall–Kier alpha value is -0.323. The smallest absolute Gasteiger partial charge is 0.0869 e. The first-order valence-electron chi connectivity index (χ1n) is 6.91. The summed E-state index contributed by atoms with van der Waals surface area (Å²) in [6, 6.07) is 16.0. The van der Waals surface area contributed by atoms with E-state index >= 15 is 0 Å². The lowest BCUT2D eigenvalue weighted by Crippen LogP contribution is -2.21. The van der Waals surface area contributed by atoms with Crippen molar-refractivity contribution in [1.29, 1.82) is 0 Å². The van der Waals surface area contributed by atoms with E-state index in [9.17, 15) is 0 Å². The summed E-state index contributed by atoms with van der Waals surface area (Å²) in [7, 11) is -1.40. The molecule has 0 radical (unpaired) electrons. The topological polar surface area (TPSA) is 0 Å². The Morgan fingerprint density at radius 2 is 1.27 bits per heavy atom. The molecule has 0 spiro atoms. The van der Waals surface area contributed by atoms with Gasteiger partial charge in [-0.2, -0.15) is 0 Å². The van der Waals surface area contributed by atoms with Gasteiger partial charge in [-0.05, 0) is 58.5 Å². The predicted molar refractivity (Wildman–Crippen MR) is 106 cm³/mol. The highest BCUT2D eigenvalue weighted by molar-refractivity contribution is 8.07. The Morgan fingerprint density at radius 1 is 0.818 bits per heavy atom. The molecule has 0 aromatic heterocycles. The maximum absolute atomic E-state index is 5.96. The van der Waals surface area contributed by atoms with Crippen LogP contribution in [0.15, 0.2) is 68.3 Å². The number of hydrogen-bond acceptors (Lipinski definition) is 2. The molecule has 0 amide bonds. The van der Waals surface area contributed by atoms with Gasteiger partial charge in [0.05, 0.1) is 8.07 Å². The highest BCUT2D eigenvalue weighted by Gasteiger charge is 2.20. The zero-order valence-electron chi connectivity index (χ0n) is 12.8. The summed E-state index contributed by atoms with van der Waals surface area (Å²) < 4.78 is 1.45. The Morgan fingerprint density at radius 3 is 1.73 bits per heavy atom. The molecule has 0 nitrogen and oxygen atoms in total. The Labute approximate surface area is 152 Å². The number of hydrogen-bond donors (Lipinski definition) is 0. The van der Waals surface area contributed by atoms with Crippen LogP contribution in [0.4, 0.5) is 0 Å². The second-order valence-corrected chi connectivity index (χ2v) is 14.2. The van der Waals surface area contributed by atoms with Crippen LogP contribution in [-0.2, 0) is 0 Å². The van der Waals surface area contributed by atoms with Gasteiger partial charge >= 0.3 is 0 Å². The molecule has 0 bridgehead atoms. The summed E-state index contributed by atoms with van der Waals surface area (Å²) in [4.78, 5) is 2.44. The minimum Gasteiger partial charge on any atom is -0.0986 e. The number of benzene rings is 2. The van der Waals surface area contributed by atoms with Gasteiger partial charge in [-0.3, -0.25) is 0 Å². The van der Waals surface area contributed by atoms with Gasteiger partial charge in [0.1, 0.15) is 0 Å². The van der Waals surface area contributed by atoms with Crippen molar-refractivity contribution in [3.05, 3.63) is 68.5 Å². The van der Waals surface area contributed by atoms with E-state index in [0.29, 0.717) is 0 Å². The van der Waals surface area contributed by atoms with Crippen molar-refractivity contribution in [2.24, 2.45) is 0 Å². The second-order valence-electron chi connectivity index (χ2n) is 5.86. The molecule has 0 saturated heterocycles. The fraction of sp³-hybridized carbons (Fsp3) is 0.176. The van der Waals surface area contributed by atoms with Crippen LogP contribution in [0.5, 0.6) is 0 Å². The summed E-state index contributed by atoms with van der Waals surface area (Å²) >= 11 is 15.5. The van der Waals surface area contributed by atoms with Gasteiger partial charge < -0.3 is 0 Å². The molecule has 0 aliphatic heterocycles. The SMILES string of the molecule is C[Si](C)(C)/C(=C/Sc1ccc(Cl)cc1)Sc1ccc(Cl)cc1. The Kier molecular flexibility index (Phi) is 6.54. The average Bonchev–Trinajstić information content (AvgIpc) is 2.46. The van der Waals surface area contributed by atoms with E-state index in [1.165, 1.54) is 14.3 Å². The third-order valence-corrected chi connectivity index (χ3v) is 9.27. The number of halogens is 2. The van der Waals surface area contributed by atoms with Crippen LogP contribution in [0.3, 0.4) is 0 Å². The van der Waals surface area contributed by atoms with E-state index in [1.54, 1.807) is 11.8 Å². The van der Waals surface area contributed by atoms with Gasteiger partial charge in [0.2, 0.25) is 0 Å². The van der Waals surface area contributed by atoms with Crippen LogP contribution in [0, 0.1) is 0 Å². The molecule has 0 aliphatic rings. The highest BCUT2D eigenvalue weighted by Crippen LogP contribution is 2.37. The first kappa shape index (κ1) is 18.0. The maximum atomic E-state index is 5.96. The Balaban J connectivity index is 2.17. The third kappa shape index (κ3) is 5.71. The third-order valence-electron chi connectivity index (χ3n) is 2.90. The molecule has 0 aliphatic carbocycles. The zero-order chi connectivity index (χ0) is 16.2. The van der Waals surface area contributed by atoms with Crippen LogP contribution in [0.2, 0.25) is 29.7 Å². The lowest BCUT2D eigenvalue weighted by Gasteiger charge is -2.20. The summed E-state index contributed by atoms with van der Waals surface area (Å²) in [6.45, 7) is 7.10. The molecule has 0 fully saturated rings. The molecule has 5 heteroatoms. The van der Waals surface area contributed by atoms with Gasteiger partial charge in [-0.25, -0.2) is 0 Å². The van der Waals surface area contributed by atoms with Gasteiger partial charge in [0.15, 0.2) is 0 Å². The molecule has 0 heterocycles. The molecule has 0 saturated carbocycles. The van der Waals surface area contributed by atoms with Crippen LogP contribution >= 0.6 is 46.7 Å². The normalized spacial score (nSPS) is 12.5. The molecule has 2 aromatic rings. The van der Waals surface area contributed by atoms with E-state index in [1.807, 2.05) is 36.0 Å². The molecule has 116 valence electrons. The van der Waals surface area contributed by atoms with Gasteiger partial charge in [0.25, 0.3) is 0 Å². The summed E-state index contributed by atoms with van der Waals surface area (Å²) in [5.74, 6) is 0. The minimum atomic E-state index is -1.40. The molecule has 22 heavy (non-hydrogen) atoms. The summed E-state index contributed by atoms with van der Waals surface area (Å²) in [6.07, 6.45) is 0. The van der Waals surface area contributed by atoms with Crippen LogP contribution in [-0.4, -0.2) is 8.07 Å². The van der Waals surface area contributed by atoms with Crippen molar-refractivity contribution in [2.75, 3.05) is 0 Å².